The van der Waals surface area contributed by atoms with Crippen molar-refractivity contribution in [3.63, 3.8) is 0 Å². The van der Waals surface area contributed by atoms with Crippen molar-refractivity contribution in [2.75, 3.05) is 18.0 Å². The Balaban J connectivity index is 2.17. The number of thiocarbonyl (C=S) groups is 1. The molecule has 0 amide bonds. The topological polar surface area (TPSA) is 29.3 Å². The number of rotatable bonds is 2. The van der Waals surface area contributed by atoms with E-state index >= 15 is 0 Å². The molecular formula is C14H19BrN2S. The first kappa shape index (κ1) is 13.8. The fourth-order valence-electron chi connectivity index (χ4n) is 2.27. The van der Waals surface area contributed by atoms with Crippen LogP contribution in [0.3, 0.4) is 0 Å². The van der Waals surface area contributed by atoms with Crippen molar-refractivity contribution in [2.45, 2.75) is 26.7 Å². The second-order valence-corrected chi connectivity index (χ2v) is 6.98. The summed E-state index contributed by atoms with van der Waals surface area (Å²) in [6, 6.07) is 6.12. The van der Waals surface area contributed by atoms with E-state index < -0.39 is 0 Å². The van der Waals surface area contributed by atoms with Gasteiger partial charge in [-0.2, -0.15) is 0 Å². The van der Waals surface area contributed by atoms with Crippen LogP contribution in [0.1, 0.15) is 32.3 Å². The predicted molar refractivity (Wildman–Crippen MR) is 85.3 cm³/mol. The molecule has 18 heavy (non-hydrogen) atoms. The van der Waals surface area contributed by atoms with E-state index in [1.807, 2.05) is 12.1 Å². The minimum Gasteiger partial charge on any atom is -0.389 e. The Kier molecular flexibility index (Phi) is 3.97. The van der Waals surface area contributed by atoms with Gasteiger partial charge in [0, 0.05) is 23.1 Å². The molecule has 0 aromatic heterocycles. The Morgan fingerprint density at radius 3 is 2.44 bits per heavy atom. The van der Waals surface area contributed by atoms with Gasteiger partial charge in [0.1, 0.15) is 4.99 Å². The van der Waals surface area contributed by atoms with Gasteiger partial charge >= 0.3 is 0 Å². The van der Waals surface area contributed by atoms with Crippen molar-refractivity contribution in [3.05, 3.63) is 28.2 Å². The molecule has 0 atom stereocenters. The number of anilines is 1. The van der Waals surface area contributed by atoms with Crippen LogP contribution in [0.5, 0.6) is 0 Å². The molecule has 0 saturated carbocycles. The van der Waals surface area contributed by atoms with Crippen molar-refractivity contribution in [1.29, 1.82) is 0 Å². The molecule has 0 radical (unpaired) electrons. The molecule has 1 aromatic carbocycles. The average Bonchev–Trinajstić information content (AvgIpc) is 2.29. The number of halogens is 1. The Bertz CT molecular complexity index is 461. The van der Waals surface area contributed by atoms with Crippen LogP contribution in [0.2, 0.25) is 0 Å². The van der Waals surface area contributed by atoms with Crippen LogP contribution < -0.4 is 10.6 Å². The van der Waals surface area contributed by atoms with Gasteiger partial charge in [-0.1, -0.05) is 26.1 Å². The van der Waals surface area contributed by atoms with Gasteiger partial charge in [-0.25, -0.2) is 0 Å². The first-order valence-corrected chi connectivity index (χ1v) is 7.43. The predicted octanol–water partition coefficient (Wildman–Crippen LogP) is 3.71. The number of piperidine rings is 1. The minimum atomic E-state index is 0.446. The lowest BCUT2D eigenvalue weighted by Crippen LogP contribution is -2.37. The molecule has 1 heterocycles. The largest absolute Gasteiger partial charge is 0.389 e. The summed E-state index contributed by atoms with van der Waals surface area (Å²) in [5.74, 6) is 0. The highest BCUT2D eigenvalue weighted by molar-refractivity contribution is 9.10. The number of hydrogen-bond acceptors (Lipinski definition) is 2. The van der Waals surface area contributed by atoms with E-state index in [1.54, 1.807) is 0 Å². The van der Waals surface area contributed by atoms with Crippen LogP contribution in [-0.2, 0) is 0 Å². The summed E-state index contributed by atoms with van der Waals surface area (Å²) in [6.45, 7) is 6.90. The Morgan fingerprint density at radius 1 is 1.33 bits per heavy atom. The van der Waals surface area contributed by atoms with Crippen LogP contribution >= 0.6 is 28.1 Å². The molecule has 2 nitrogen and oxygen atoms in total. The van der Waals surface area contributed by atoms with E-state index in [0.29, 0.717) is 10.4 Å². The lowest BCUT2D eigenvalue weighted by atomic mass is 9.82. The van der Waals surface area contributed by atoms with Gasteiger partial charge in [-0.15, -0.1) is 0 Å². The quantitative estimate of drug-likeness (QED) is 0.840. The van der Waals surface area contributed by atoms with Gasteiger partial charge in [-0.3, -0.25) is 0 Å². The second-order valence-electron chi connectivity index (χ2n) is 5.68. The van der Waals surface area contributed by atoms with Gasteiger partial charge in [0.25, 0.3) is 0 Å². The summed E-state index contributed by atoms with van der Waals surface area (Å²) in [5.41, 5.74) is 8.27. The zero-order valence-corrected chi connectivity index (χ0v) is 13.3. The summed E-state index contributed by atoms with van der Waals surface area (Å²) in [4.78, 5) is 2.88. The highest BCUT2D eigenvalue weighted by Gasteiger charge is 2.26. The second kappa shape index (κ2) is 5.17. The van der Waals surface area contributed by atoms with Gasteiger partial charge in [-0.05, 0) is 52.4 Å². The molecule has 2 N–H and O–H groups in total. The van der Waals surface area contributed by atoms with Crippen molar-refractivity contribution >= 4 is 38.8 Å². The number of benzene rings is 1. The van der Waals surface area contributed by atoms with E-state index in [9.17, 15) is 0 Å². The average molecular weight is 327 g/mol. The molecule has 1 fully saturated rings. The third-order valence-electron chi connectivity index (χ3n) is 3.69. The first-order valence-electron chi connectivity index (χ1n) is 6.23. The first-order chi connectivity index (χ1) is 8.39. The SMILES string of the molecule is CC1(C)CCN(c2ccc(C(N)=S)cc2Br)CC1. The van der Waals surface area contributed by atoms with Crippen LogP contribution in [0.25, 0.3) is 0 Å². The molecule has 2 rings (SSSR count). The highest BCUT2D eigenvalue weighted by atomic mass is 79.9. The number of nitrogens with zero attached hydrogens (tertiary/aromatic N) is 1. The molecule has 1 aliphatic heterocycles. The van der Waals surface area contributed by atoms with Crippen LogP contribution in [0, 0.1) is 5.41 Å². The maximum absolute atomic E-state index is 5.64. The summed E-state index contributed by atoms with van der Waals surface area (Å²) < 4.78 is 1.08. The molecule has 1 saturated heterocycles. The van der Waals surface area contributed by atoms with Crippen LogP contribution in [0.15, 0.2) is 22.7 Å². The summed E-state index contributed by atoms with van der Waals surface area (Å²) in [6.07, 6.45) is 2.47. The van der Waals surface area contributed by atoms with Crippen molar-refractivity contribution in [2.24, 2.45) is 11.1 Å². The summed E-state index contributed by atoms with van der Waals surface area (Å²) >= 11 is 8.62. The molecule has 98 valence electrons. The normalized spacial score (nSPS) is 18.7. The zero-order chi connectivity index (χ0) is 13.3. The van der Waals surface area contributed by atoms with Crippen molar-refractivity contribution in [3.8, 4) is 0 Å². The Labute approximate surface area is 123 Å². The highest BCUT2D eigenvalue weighted by Crippen LogP contribution is 2.35. The van der Waals surface area contributed by atoms with E-state index in [0.717, 1.165) is 23.1 Å². The van der Waals surface area contributed by atoms with Gasteiger partial charge in [0.2, 0.25) is 0 Å². The standard InChI is InChI=1S/C14H19BrN2S/c1-14(2)5-7-17(8-6-14)12-4-3-10(13(16)18)9-11(12)15/h3-4,9H,5-8H2,1-2H3,(H2,16,18). The van der Waals surface area contributed by atoms with Crippen molar-refractivity contribution < 1.29 is 0 Å². The molecule has 1 aliphatic rings. The third-order valence-corrected chi connectivity index (χ3v) is 4.56. The fraction of sp³-hybridized carbons (Fsp3) is 0.500. The monoisotopic (exact) mass is 326 g/mol. The molecule has 1 aromatic rings. The van der Waals surface area contributed by atoms with Crippen LogP contribution in [0.4, 0.5) is 5.69 Å². The van der Waals surface area contributed by atoms with Gasteiger partial charge in [0.15, 0.2) is 0 Å². The molecular weight excluding hydrogens is 308 g/mol. The summed E-state index contributed by atoms with van der Waals surface area (Å²) in [5, 5.41) is 0. The fourth-order valence-corrected chi connectivity index (χ4v) is 3.03. The Morgan fingerprint density at radius 2 is 1.94 bits per heavy atom. The molecule has 4 heteroatoms. The maximum atomic E-state index is 5.64. The van der Waals surface area contributed by atoms with Gasteiger partial charge in [0.05, 0.1) is 5.69 Å². The molecule has 0 unspecified atom stereocenters. The van der Waals surface area contributed by atoms with E-state index in [4.69, 9.17) is 18.0 Å². The van der Waals surface area contributed by atoms with E-state index in [-0.39, 0.29) is 0 Å². The van der Waals surface area contributed by atoms with E-state index in [2.05, 4.69) is 40.7 Å². The number of nitrogens with two attached hydrogens (primary N) is 1. The van der Waals surface area contributed by atoms with Crippen molar-refractivity contribution in [1.82, 2.24) is 0 Å². The minimum absolute atomic E-state index is 0.446. The van der Waals surface area contributed by atoms with E-state index in [1.165, 1.54) is 18.5 Å². The lowest BCUT2D eigenvalue weighted by Gasteiger charge is -2.38. The number of hydrogen-bond donors (Lipinski definition) is 1. The molecule has 0 spiro atoms. The van der Waals surface area contributed by atoms with Crippen LogP contribution in [-0.4, -0.2) is 18.1 Å². The zero-order valence-electron chi connectivity index (χ0n) is 10.9. The molecule has 0 bridgehead atoms. The third kappa shape index (κ3) is 3.04. The Hall–Kier alpha value is -0.610. The maximum Gasteiger partial charge on any atom is 0.104 e. The lowest BCUT2D eigenvalue weighted by molar-refractivity contribution is 0.279. The van der Waals surface area contributed by atoms with Gasteiger partial charge < -0.3 is 10.6 Å². The smallest absolute Gasteiger partial charge is 0.104 e. The summed E-state index contributed by atoms with van der Waals surface area (Å²) in [7, 11) is 0. The molecule has 0 aliphatic carbocycles.